The number of hydrogen-bond acceptors (Lipinski definition) is 7. The van der Waals surface area contributed by atoms with Gasteiger partial charge >= 0.3 is 0 Å². The number of fused-ring (bicyclic) bond motifs is 1. The first-order chi connectivity index (χ1) is 13.1. The van der Waals surface area contributed by atoms with E-state index in [1.165, 1.54) is 47.2 Å². The van der Waals surface area contributed by atoms with Gasteiger partial charge in [-0.3, -0.25) is 19.3 Å². The maximum atomic E-state index is 13.6. The molecule has 7 nitrogen and oxygen atoms in total. The summed E-state index contributed by atoms with van der Waals surface area (Å²) in [6.45, 7) is 0. The van der Waals surface area contributed by atoms with Gasteiger partial charge in [-0.1, -0.05) is 0 Å². The van der Waals surface area contributed by atoms with Crippen molar-refractivity contribution in [3.63, 3.8) is 0 Å². The Labute approximate surface area is 159 Å². The predicted molar refractivity (Wildman–Crippen MR) is 101 cm³/mol. The van der Waals surface area contributed by atoms with Crippen LogP contribution in [0.15, 0.2) is 46.1 Å². The number of methoxy groups -OCH3 is 1. The summed E-state index contributed by atoms with van der Waals surface area (Å²) in [4.78, 5) is 33.7. The van der Waals surface area contributed by atoms with Crippen LogP contribution in [0.4, 0.5) is 9.52 Å². The number of anilines is 1. The molecule has 4 aromatic rings. The number of thiazole rings is 2. The summed E-state index contributed by atoms with van der Waals surface area (Å²) >= 11 is 2.45. The largest absolute Gasteiger partial charge is 0.496 e. The van der Waals surface area contributed by atoms with Gasteiger partial charge in [0.2, 0.25) is 0 Å². The van der Waals surface area contributed by atoms with Crippen molar-refractivity contribution < 1.29 is 13.9 Å². The van der Waals surface area contributed by atoms with E-state index in [9.17, 15) is 14.0 Å². The Morgan fingerprint density at radius 3 is 3.00 bits per heavy atom. The summed E-state index contributed by atoms with van der Waals surface area (Å²) in [6, 6.07) is 4.10. The lowest BCUT2D eigenvalue weighted by Crippen LogP contribution is -2.25. The number of rotatable bonds is 4. The molecular formula is C17H11FN4O3S2. The molecule has 1 amide bonds. The maximum absolute atomic E-state index is 13.6. The second-order valence-corrected chi connectivity index (χ2v) is 7.10. The lowest BCUT2D eigenvalue weighted by Gasteiger charge is -2.06. The minimum atomic E-state index is -0.611. The van der Waals surface area contributed by atoms with E-state index in [4.69, 9.17) is 4.74 Å². The number of nitrogens with zero attached hydrogens (tertiary/aromatic N) is 3. The van der Waals surface area contributed by atoms with Crippen molar-refractivity contribution >= 4 is 38.7 Å². The van der Waals surface area contributed by atoms with Crippen LogP contribution in [0.25, 0.3) is 16.2 Å². The molecule has 0 spiro atoms. The average molecular weight is 402 g/mol. The summed E-state index contributed by atoms with van der Waals surface area (Å²) < 4.78 is 20.1. The fourth-order valence-electron chi connectivity index (χ4n) is 2.48. The third-order valence-electron chi connectivity index (χ3n) is 3.75. The number of aromatic nitrogens is 3. The fraction of sp³-hybridized carbons (Fsp3) is 0.0588. The minimum absolute atomic E-state index is 0.0917. The average Bonchev–Trinajstić information content (AvgIpc) is 3.31. The van der Waals surface area contributed by atoms with Crippen LogP contribution < -0.4 is 15.6 Å². The van der Waals surface area contributed by atoms with Gasteiger partial charge in [0.05, 0.1) is 12.8 Å². The van der Waals surface area contributed by atoms with Gasteiger partial charge in [-0.25, -0.2) is 14.4 Å². The zero-order valence-corrected chi connectivity index (χ0v) is 15.4. The van der Waals surface area contributed by atoms with E-state index in [-0.39, 0.29) is 10.7 Å². The molecule has 0 saturated carbocycles. The first kappa shape index (κ1) is 17.3. The molecule has 0 fully saturated rings. The molecule has 0 unspecified atom stereocenters. The van der Waals surface area contributed by atoms with Crippen LogP contribution in [-0.4, -0.2) is 27.4 Å². The molecule has 0 atom stereocenters. The molecule has 0 aliphatic heterocycles. The first-order valence-corrected chi connectivity index (χ1v) is 9.38. The molecule has 0 aliphatic rings. The predicted octanol–water partition coefficient (Wildman–Crippen LogP) is 3.28. The standard InChI is InChI=1S/C17H11FN4O3S2/c1-25-13-3-2-9(18)6-10(13)12-8-27-16(20-12)21-14(23)11-7-19-17-22(15(11)24)4-5-26-17/h2-8H,1H3,(H,20,21,23). The first-order valence-electron chi connectivity index (χ1n) is 7.62. The molecule has 1 aromatic carbocycles. The molecule has 3 aromatic heterocycles. The lowest BCUT2D eigenvalue weighted by atomic mass is 10.1. The molecule has 0 bridgehead atoms. The molecule has 10 heteroatoms. The lowest BCUT2D eigenvalue weighted by molar-refractivity contribution is 0.102. The molecule has 0 aliphatic carbocycles. The highest BCUT2D eigenvalue weighted by atomic mass is 32.1. The summed E-state index contributed by atoms with van der Waals surface area (Å²) in [5.74, 6) is -0.572. The van der Waals surface area contributed by atoms with Crippen LogP contribution in [0.1, 0.15) is 10.4 Å². The van der Waals surface area contributed by atoms with Crippen LogP contribution in [0.3, 0.4) is 0 Å². The highest BCUT2D eigenvalue weighted by Crippen LogP contribution is 2.32. The van der Waals surface area contributed by atoms with Crippen molar-refractivity contribution in [1.29, 1.82) is 0 Å². The van der Waals surface area contributed by atoms with E-state index in [1.54, 1.807) is 17.0 Å². The monoisotopic (exact) mass is 402 g/mol. The fourth-order valence-corrected chi connectivity index (χ4v) is 3.86. The zero-order valence-electron chi connectivity index (χ0n) is 13.8. The van der Waals surface area contributed by atoms with Crippen molar-refractivity contribution in [3.05, 3.63) is 63.1 Å². The van der Waals surface area contributed by atoms with E-state index in [2.05, 4.69) is 15.3 Å². The van der Waals surface area contributed by atoms with E-state index >= 15 is 0 Å². The minimum Gasteiger partial charge on any atom is -0.496 e. The molecular weight excluding hydrogens is 391 g/mol. The third-order valence-corrected chi connectivity index (χ3v) is 5.28. The number of hydrogen-bond donors (Lipinski definition) is 1. The zero-order chi connectivity index (χ0) is 19.0. The second kappa shape index (κ2) is 6.89. The van der Waals surface area contributed by atoms with Crippen molar-refractivity contribution in [3.8, 4) is 17.0 Å². The van der Waals surface area contributed by atoms with Crippen LogP contribution >= 0.6 is 22.7 Å². The van der Waals surface area contributed by atoms with Crippen molar-refractivity contribution in [2.45, 2.75) is 0 Å². The van der Waals surface area contributed by atoms with Crippen molar-refractivity contribution in [2.75, 3.05) is 12.4 Å². The van der Waals surface area contributed by atoms with Gasteiger partial charge < -0.3 is 4.74 Å². The molecule has 0 saturated heterocycles. The number of amides is 1. The van der Waals surface area contributed by atoms with E-state index < -0.39 is 17.3 Å². The van der Waals surface area contributed by atoms with Crippen molar-refractivity contribution in [1.82, 2.24) is 14.4 Å². The van der Waals surface area contributed by atoms with E-state index in [1.807, 2.05) is 0 Å². The molecule has 1 N–H and O–H groups in total. The highest BCUT2D eigenvalue weighted by molar-refractivity contribution is 7.15. The summed E-state index contributed by atoms with van der Waals surface area (Å²) in [5.41, 5.74) is 0.374. The normalized spacial score (nSPS) is 10.9. The summed E-state index contributed by atoms with van der Waals surface area (Å²) in [7, 11) is 1.48. The van der Waals surface area contributed by atoms with Crippen LogP contribution in [0, 0.1) is 5.82 Å². The SMILES string of the molecule is COc1ccc(F)cc1-c1csc(NC(=O)c2cnc3sccn3c2=O)n1. The molecule has 136 valence electrons. The van der Waals surface area contributed by atoms with Crippen LogP contribution in [-0.2, 0) is 0 Å². The van der Waals surface area contributed by atoms with Crippen LogP contribution in [0.2, 0.25) is 0 Å². The Morgan fingerprint density at radius 1 is 1.33 bits per heavy atom. The quantitative estimate of drug-likeness (QED) is 0.566. The highest BCUT2D eigenvalue weighted by Gasteiger charge is 2.17. The van der Waals surface area contributed by atoms with Gasteiger partial charge in [-0.15, -0.1) is 22.7 Å². The third kappa shape index (κ3) is 3.20. The number of carbonyl (C=O) groups is 1. The van der Waals surface area contributed by atoms with E-state index in [0.29, 0.717) is 22.0 Å². The van der Waals surface area contributed by atoms with Crippen LogP contribution in [0.5, 0.6) is 5.75 Å². The number of benzene rings is 1. The topological polar surface area (TPSA) is 85.6 Å². The summed E-state index contributed by atoms with van der Waals surface area (Å²) in [5, 5.41) is 6.24. The van der Waals surface area contributed by atoms with E-state index in [0.717, 1.165) is 11.3 Å². The number of carbonyl (C=O) groups excluding carboxylic acids is 1. The second-order valence-electron chi connectivity index (χ2n) is 5.37. The molecule has 3 heterocycles. The Hall–Kier alpha value is -3.11. The van der Waals surface area contributed by atoms with Gasteiger partial charge in [-0.2, -0.15) is 0 Å². The Morgan fingerprint density at radius 2 is 2.19 bits per heavy atom. The molecule has 27 heavy (non-hydrogen) atoms. The van der Waals surface area contributed by atoms with Gasteiger partial charge in [0.15, 0.2) is 10.1 Å². The molecule has 4 rings (SSSR count). The maximum Gasteiger partial charge on any atom is 0.271 e. The Bertz CT molecular complexity index is 1210. The van der Waals surface area contributed by atoms with Gasteiger partial charge in [0.1, 0.15) is 17.1 Å². The summed E-state index contributed by atoms with van der Waals surface area (Å²) in [6.07, 6.45) is 2.80. The number of nitrogens with one attached hydrogen (secondary N) is 1. The van der Waals surface area contributed by atoms with Crippen molar-refractivity contribution in [2.24, 2.45) is 0 Å². The number of ether oxygens (including phenoxy) is 1. The molecule has 0 radical (unpaired) electrons. The Balaban J connectivity index is 1.62. The number of halogens is 1. The van der Waals surface area contributed by atoms with Gasteiger partial charge in [0, 0.05) is 28.7 Å². The van der Waals surface area contributed by atoms with Gasteiger partial charge in [0.25, 0.3) is 11.5 Å². The smallest absolute Gasteiger partial charge is 0.271 e. The van der Waals surface area contributed by atoms with Gasteiger partial charge in [-0.05, 0) is 18.2 Å². The Kier molecular flexibility index (Phi) is 4.42.